The van der Waals surface area contributed by atoms with Gasteiger partial charge in [-0.3, -0.25) is 4.99 Å². The molecule has 1 aliphatic rings. The largest absolute Gasteiger partial charge is 0.378 e. The Kier molecular flexibility index (Phi) is 6.45. The van der Waals surface area contributed by atoms with Crippen LogP contribution in [0.5, 0.6) is 0 Å². The fourth-order valence-electron chi connectivity index (χ4n) is 3.50. The molecule has 0 aliphatic carbocycles. The monoisotopic (exact) mass is 420 g/mol. The predicted molar refractivity (Wildman–Crippen MR) is 126 cm³/mol. The number of aryl methyl sites for hydroxylation is 1. The number of rotatable bonds is 5. The zero-order chi connectivity index (χ0) is 20.9. The Hall–Kier alpha value is -2.70. The number of hydrogen-bond donors (Lipinski definition) is 0. The fourth-order valence-corrected chi connectivity index (χ4v) is 4.40. The van der Waals surface area contributed by atoms with Gasteiger partial charge in [0.25, 0.3) is 0 Å². The predicted octanol–water partition coefficient (Wildman–Crippen LogP) is 4.55. The first kappa shape index (κ1) is 20.6. The standard InChI is InChI=1S/C24H28N4OS/c1-4-25-24-28(23(17-30-24)21-7-5-18(2)6-8-21)26-19(3)20-9-11-22(12-10-20)27-13-15-29-16-14-27/h5-12,17H,4,13-16H2,1-3H3. The van der Waals surface area contributed by atoms with E-state index in [-0.39, 0.29) is 0 Å². The number of nitrogens with zero attached hydrogens (tertiary/aromatic N) is 4. The van der Waals surface area contributed by atoms with E-state index in [0.717, 1.165) is 60.2 Å². The van der Waals surface area contributed by atoms with Crippen molar-refractivity contribution in [3.05, 3.63) is 69.8 Å². The van der Waals surface area contributed by atoms with Crippen molar-refractivity contribution in [2.24, 2.45) is 10.1 Å². The third kappa shape index (κ3) is 4.55. The third-order valence-corrected chi connectivity index (χ3v) is 6.09. The van der Waals surface area contributed by atoms with E-state index in [2.05, 4.69) is 84.6 Å². The Balaban J connectivity index is 1.67. The molecule has 0 atom stereocenters. The number of hydrogen-bond acceptors (Lipinski definition) is 5. The highest BCUT2D eigenvalue weighted by Gasteiger charge is 2.12. The van der Waals surface area contributed by atoms with Crippen LogP contribution < -0.4 is 9.70 Å². The van der Waals surface area contributed by atoms with Gasteiger partial charge < -0.3 is 9.64 Å². The first-order valence-electron chi connectivity index (χ1n) is 10.4. The van der Waals surface area contributed by atoms with Crippen LogP contribution in [0.3, 0.4) is 0 Å². The number of ether oxygens (including phenoxy) is 1. The second-order valence-electron chi connectivity index (χ2n) is 7.39. The normalized spacial score (nSPS) is 15.6. The summed E-state index contributed by atoms with van der Waals surface area (Å²) in [6.45, 7) is 10.4. The average Bonchev–Trinajstić information content (AvgIpc) is 3.17. The van der Waals surface area contributed by atoms with Crippen LogP contribution >= 0.6 is 11.3 Å². The summed E-state index contributed by atoms with van der Waals surface area (Å²) < 4.78 is 7.43. The van der Waals surface area contributed by atoms with Crippen molar-refractivity contribution in [2.75, 3.05) is 37.7 Å². The third-order valence-electron chi connectivity index (χ3n) is 5.24. The highest BCUT2D eigenvalue weighted by molar-refractivity contribution is 7.07. The molecule has 0 amide bonds. The number of benzene rings is 2. The minimum atomic E-state index is 0.733. The van der Waals surface area contributed by atoms with Gasteiger partial charge in [-0.15, -0.1) is 11.3 Å². The quantitative estimate of drug-likeness (QED) is 0.568. The minimum absolute atomic E-state index is 0.733. The maximum atomic E-state index is 5.46. The molecule has 0 bridgehead atoms. The maximum Gasteiger partial charge on any atom is 0.206 e. The molecule has 3 aromatic rings. The molecule has 1 aliphatic heterocycles. The van der Waals surface area contributed by atoms with Crippen LogP contribution in [0.15, 0.2) is 64.0 Å². The molecule has 6 heteroatoms. The van der Waals surface area contributed by atoms with E-state index >= 15 is 0 Å². The van der Waals surface area contributed by atoms with Crippen molar-refractivity contribution < 1.29 is 4.74 Å². The Morgan fingerprint density at radius 2 is 1.73 bits per heavy atom. The summed E-state index contributed by atoms with van der Waals surface area (Å²) in [5, 5.41) is 7.10. The van der Waals surface area contributed by atoms with Gasteiger partial charge in [0.2, 0.25) is 4.80 Å². The van der Waals surface area contributed by atoms with Crippen LogP contribution in [0.1, 0.15) is 25.0 Å². The molecule has 1 saturated heterocycles. The Bertz CT molecular complexity index is 1070. The Morgan fingerprint density at radius 3 is 2.40 bits per heavy atom. The molecule has 1 aromatic heterocycles. The van der Waals surface area contributed by atoms with E-state index in [1.807, 2.05) is 4.68 Å². The van der Waals surface area contributed by atoms with Gasteiger partial charge in [0.05, 0.1) is 24.6 Å². The van der Waals surface area contributed by atoms with Crippen molar-refractivity contribution in [1.82, 2.24) is 4.68 Å². The number of thiazole rings is 1. The lowest BCUT2D eigenvalue weighted by Crippen LogP contribution is -2.36. The van der Waals surface area contributed by atoms with Crippen molar-refractivity contribution in [3.63, 3.8) is 0 Å². The van der Waals surface area contributed by atoms with Crippen LogP contribution in [0, 0.1) is 6.92 Å². The molecule has 0 radical (unpaired) electrons. The van der Waals surface area contributed by atoms with Crippen LogP contribution in [-0.2, 0) is 4.74 Å². The zero-order valence-electron chi connectivity index (χ0n) is 17.8. The van der Waals surface area contributed by atoms with Gasteiger partial charge in [-0.25, -0.2) is 4.68 Å². The lowest BCUT2D eigenvalue weighted by molar-refractivity contribution is 0.122. The van der Waals surface area contributed by atoms with Crippen molar-refractivity contribution in [1.29, 1.82) is 0 Å². The molecule has 30 heavy (non-hydrogen) atoms. The molecule has 0 saturated carbocycles. The molecule has 0 N–H and O–H groups in total. The first-order valence-corrected chi connectivity index (χ1v) is 11.3. The summed E-state index contributed by atoms with van der Waals surface area (Å²) in [5.74, 6) is 0. The SMILES string of the molecule is CCN=c1scc(-c2ccc(C)cc2)n1N=C(C)c1ccc(N2CCOCC2)cc1. The summed E-state index contributed by atoms with van der Waals surface area (Å²) in [6, 6.07) is 17.2. The summed E-state index contributed by atoms with van der Waals surface area (Å²) in [7, 11) is 0. The van der Waals surface area contributed by atoms with Crippen LogP contribution in [0.4, 0.5) is 5.69 Å². The van der Waals surface area contributed by atoms with Gasteiger partial charge in [0.1, 0.15) is 0 Å². The highest BCUT2D eigenvalue weighted by Crippen LogP contribution is 2.22. The van der Waals surface area contributed by atoms with E-state index in [0.29, 0.717) is 0 Å². The fraction of sp³-hybridized carbons (Fsp3) is 0.333. The van der Waals surface area contributed by atoms with Crippen molar-refractivity contribution >= 4 is 22.7 Å². The zero-order valence-corrected chi connectivity index (χ0v) is 18.7. The van der Waals surface area contributed by atoms with Gasteiger partial charge in [0, 0.05) is 36.3 Å². The average molecular weight is 421 g/mol. The van der Waals surface area contributed by atoms with Crippen LogP contribution in [0.25, 0.3) is 11.3 Å². The van der Waals surface area contributed by atoms with E-state index in [1.54, 1.807) is 11.3 Å². The minimum Gasteiger partial charge on any atom is -0.378 e. The van der Waals surface area contributed by atoms with E-state index in [9.17, 15) is 0 Å². The second-order valence-corrected chi connectivity index (χ2v) is 8.22. The number of anilines is 1. The second kappa shape index (κ2) is 9.41. The van der Waals surface area contributed by atoms with Gasteiger partial charge in [-0.05, 0) is 38.5 Å². The molecule has 2 heterocycles. The molecule has 1 fully saturated rings. The molecule has 5 nitrogen and oxygen atoms in total. The topological polar surface area (TPSA) is 42.1 Å². The summed E-state index contributed by atoms with van der Waals surface area (Å²) in [5.41, 5.74) is 6.78. The van der Waals surface area contributed by atoms with E-state index in [1.165, 1.54) is 11.3 Å². The molecule has 0 spiro atoms. The molecular formula is C24H28N4OS. The van der Waals surface area contributed by atoms with Crippen LogP contribution in [0.2, 0.25) is 0 Å². The number of aromatic nitrogens is 1. The van der Waals surface area contributed by atoms with Crippen molar-refractivity contribution in [3.8, 4) is 11.3 Å². The van der Waals surface area contributed by atoms with Gasteiger partial charge in [-0.2, -0.15) is 5.10 Å². The van der Waals surface area contributed by atoms with Gasteiger partial charge in [0.15, 0.2) is 0 Å². The van der Waals surface area contributed by atoms with E-state index < -0.39 is 0 Å². The molecule has 4 rings (SSSR count). The molecule has 156 valence electrons. The highest BCUT2D eigenvalue weighted by atomic mass is 32.1. The summed E-state index contributed by atoms with van der Waals surface area (Å²) >= 11 is 1.63. The summed E-state index contributed by atoms with van der Waals surface area (Å²) in [4.78, 5) is 7.92. The Labute approximate surface area is 182 Å². The van der Waals surface area contributed by atoms with Gasteiger partial charge >= 0.3 is 0 Å². The van der Waals surface area contributed by atoms with Gasteiger partial charge in [-0.1, -0.05) is 42.0 Å². The molecule has 2 aromatic carbocycles. The molecule has 0 unspecified atom stereocenters. The number of morpholine rings is 1. The Morgan fingerprint density at radius 1 is 1.03 bits per heavy atom. The first-order chi connectivity index (χ1) is 14.7. The smallest absolute Gasteiger partial charge is 0.206 e. The lowest BCUT2D eigenvalue weighted by atomic mass is 10.1. The maximum absolute atomic E-state index is 5.46. The van der Waals surface area contributed by atoms with Crippen LogP contribution in [-0.4, -0.2) is 43.2 Å². The molecular weight excluding hydrogens is 392 g/mol. The lowest BCUT2D eigenvalue weighted by Gasteiger charge is -2.28. The van der Waals surface area contributed by atoms with Crippen molar-refractivity contribution in [2.45, 2.75) is 20.8 Å². The summed E-state index contributed by atoms with van der Waals surface area (Å²) in [6.07, 6.45) is 0. The van der Waals surface area contributed by atoms with E-state index in [4.69, 9.17) is 9.84 Å².